The molecule has 0 fully saturated rings. The molecule has 0 saturated carbocycles. The van der Waals surface area contributed by atoms with Crippen LogP contribution >= 0.6 is 0 Å². The van der Waals surface area contributed by atoms with Gasteiger partial charge in [-0.1, -0.05) is 142 Å². The van der Waals surface area contributed by atoms with Crippen molar-refractivity contribution in [1.82, 2.24) is 14.8 Å². The number of pyridine rings is 1. The molecule has 6 heteroatoms. The Labute approximate surface area is 366 Å². The molecule has 0 saturated heterocycles. The Morgan fingerprint density at radius 1 is 0.500 bits per heavy atom. The third-order valence-corrected chi connectivity index (χ3v) is 12.9. The van der Waals surface area contributed by atoms with Crippen molar-refractivity contribution in [3.8, 4) is 23.0 Å². The number of benzene rings is 2. The van der Waals surface area contributed by atoms with Gasteiger partial charge in [-0.2, -0.15) is 0 Å². The Morgan fingerprint density at radius 3 is 1.40 bits per heavy atom. The van der Waals surface area contributed by atoms with Crippen molar-refractivity contribution in [2.75, 3.05) is 44.2 Å². The van der Waals surface area contributed by atoms with Gasteiger partial charge in [0.15, 0.2) is 0 Å². The summed E-state index contributed by atoms with van der Waals surface area (Å²) in [6, 6.07) is 17.9. The van der Waals surface area contributed by atoms with Gasteiger partial charge in [0.1, 0.15) is 11.4 Å². The number of amides is 2. The number of hydrogen-bond donors (Lipinski definition) is 0. The molecule has 2 amide bonds. The molecule has 0 bridgehead atoms. The standard InChI is InChI=1S/C54H80N4O2/c1-9-17-21-25-35-54(36-26-22-18-10-2)48-39-43(29-30-44-40-50(52(59)56(13-5)14-6)55-51(41-44)53(60)57(15-7)16-8)31-33-46(48)47-34-32-45(42-49(47)54)58(37-27-23-19-11-3)38-28-24-20-12-4/h31-34,39-42H,9-28,35-38H2,1-8H3. The van der Waals surface area contributed by atoms with Crippen LogP contribution in [0.3, 0.4) is 0 Å². The third-order valence-electron chi connectivity index (χ3n) is 12.9. The van der Waals surface area contributed by atoms with E-state index in [1.54, 1.807) is 21.9 Å². The van der Waals surface area contributed by atoms with Crippen LogP contribution in [-0.4, -0.2) is 65.9 Å². The van der Waals surface area contributed by atoms with E-state index >= 15 is 0 Å². The molecule has 1 aromatic heterocycles. The van der Waals surface area contributed by atoms with Gasteiger partial charge in [-0.25, -0.2) is 4.98 Å². The number of rotatable bonds is 27. The van der Waals surface area contributed by atoms with Crippen molar-refractivity contribution in [1.29, 1.82) is 0 Å². The van der Waals surface area contributed by atoms with E-state index in [1.807, 2.05) is 27.7 Å². The van der Waals surface area contributed by atoms with Crippen molar-refractivity contribution in [3.05, 3.63) is 82.2 Å². The Bertz CT molecular complexity index is 1780. The van der Waals surface area contributed by atoms with Crippen LogP contribution in [0.4, 0.5) is 5.69 Å². The first kappa shape index (κ1) is 48.6. The summed E-state index contributed by atoms with van der Waals surface area (Å²) >= 11 is 0. The summed E-state index contributed by atoms with van der Waals surface area (Å²) in [5.41, 5.74) is 9.15. The summed E-state index contributed by atoms with van der Waals surface area (Å²) in [6.45, 7) is 21.6. The highest BCUT2D eigenvalue weighted by Gasteiger charge is 2.42. The minimum atomic E-state index is -0.177. The smallest absolute Gasteiger partial charge is 0.272 e. The molecule has 0 spiro atoms. The summed E-state index contributed by atoms with van der Waals surface area (Å²) in [5, 5.41) is 0. The van der Waals surface area contributed by atoms with Gasteiger partial charge >= 0.3 is 0 Å². The van der Waals surface area contributed by atoms with E-state index < -0.39 is 0 Å². The molecule has 1 heterocycles. The molecule has 0 aliphatic heterocycles. The van der Waals surface area contributed by atoms with Gasteiger partial charge in [0, 0.05) is 61.5 Å². The molecule has 0 atom stereocenters. The molecule has 60 heavy (non-hydrogen) atoms. The summed E-state index contributed by atoms with van der Waals surface area (Å²) in [5.74, 6) is 6.56. The van der Waals surface area contributed by atoms with Gasteiger partial charge in [0.05, 0.1) is 0 Å². The lowest BCUT2D eigenvalue weighted by atomic mass is 9.70. The van der Waals surface area contributed by atoms with E-state index in [0.29, 0.717) is 31.7 Å². The number of carbonyl (C=O) groups is 2. The molecule has 0 N–H and O–H groups in total. The van der Waals surface area contributed by atoms with Crippen LogP contribution in [0, 0.1) is 11.8 Å². The number of hydrogen-bond acceptors (Lipinski definition) is 4. The Balaban J connectivity index is 1.85. The number of carbonyl (C=O) groups excluding carboxylic acids is 2. The second kappa shape index (κ2) is 25.6. The van der Waals surface area contributed by atoms with E-state index in [2.05, 4.69) is 85.8 Å². The van der Waals surface area contributed by atoms with Gasteiger partial charge in [-0.3, -0.25) is 9.59 Å². The summed E-state index contributed by atoms with van der Waals surface area (Å²) in [6.07, 6.45) is 22.4. The minimum absolute atomic E-state index is 0.0701. The maximum absolute atomic E-state index is 13.6. The van der Waals surface area contributed by atoms with Crippen LogP contribution in [0.1, 0.15) is 214 Å². The first-order valence-electron chi connectivity index (χ1n) is 24.4. The van der Waals surface area contributed by atoms with Crippen molar-refractivity contribution < 1.29 is 9.59 Å². The van der Waals surface area contributed by atoms with Crippen molar-refractivity contribution in [2.45, 2.75) is 176 Å². The normalized spacial score (nSPS) is 12.4. The Hall–Kier alpha value is -4.11. The minimum Gasteiger partial charge on any atom is -0.372 e. The summed E-state index contributed by atoms with van der Waals surface area (Å²) < 4.78 is 0. The van der Waals surface area contributed by atoms with Gasteiger partial charge in [0.2, 0.25) is 0 Å². The highest BCUT2D eigenvalue weighted by Crippen LogP contribution is 2.55. The Kier molecular flexibility index (Phi) is 20.7. The molecule has 1 aliphatic rings. The highest BCUT2D eigenvalue weighted by atomic mass is 16.2. The largest absolute Gasteiger partial charge is 0.372 e. The topological polar surface area (TPSA) is 56.8 Å². The molecule has 0 unspecified atom stereocenters. The zero-order valence-electron chi connectivity index (χ0n) is 39.2. The quantitative estimate of drug-likeness (QED) is 0.0568. The molecule has 328 valence electrons. The van der Waals surface area contributed by atoms with Gasteiger partial charge in [-0.15, -0.1) is 0 Å². The van der Waals surface area contributed by atoms with Crippen molar-refractivity contribution in [2.24, 2.45) is 0 Å². The maximum Gasteiger partial charge on any atom is 0.272 e. The summed E-state index contributed by atoms with van der Waals surface area (Å²) in [7, 11) is 0. The van der Waals surface area contributed by atoms with Crippen LogP contribution in [0.2, 0.25) is 0 Å². The predicted octanol–water partition coefficient (Wildman–Crippen LogP) is 13.6. The monoisotopic (exact) mass is 817 g/mol. The molecule has 6 nitrogen and oxygen atoms in total. The highest BCUT2D eigenvalue weighted by molar-refractivity contribution is 5.97. The molecule has 2 aromatic carbocycles. The van der Waals surface area contributed by atoms with Gasteiger partial charge in [-0.05, 0) is 112 Å². The number of fused-ring (bicyclic) bond motifs is 3. The van der Waals surface area contributed by atoms with Crippen LogP contribution in [0.25, 0.3) is 11.1 Å². The van der Waals surface area contributed by atoms with E-state index in [0.717, 1.165) is 31.5 Å². The average Bonchev–Trinajstić information content (AvgIpc) is 3.53. The van der Waals surface area contributed by atoms with Crippen LogP contribution < -0.4 is 4.90 Å². The molecule has 4 rings (SSSR count). The van der Waals surface area contributed by atoms with Gasteiger partial charge in [0.25, 0.3) is 11.8 Å². The number of nitrogens with zero attached hydrogens (tertiary/aromatic N) is 4. The molecule has 3 aromatic rings. The number of anilines is 1. The Morgan fingerprint density at radius 2 is 0.933 bits per heavy atom. The predicted molar refractivity (Wildman–Crippen MR) is 255 cm³/mol. The van der Waals surface area contributed by atoms with Crippen LogP contribution in [0.15, 0.2) is 48.5 Å². The zero-order valence-corrected chi connectivity index (χ0v) is 39.2. The van der Waals surface area contributed by atoms with Gasteiger partial charge < -0.3 is 14.7 Å². The van der Waals surface area contributed by atoms with E-state index in [-0.39, 0.29) is 28.6 Å². The molecule has 1 aliphatic carbocycles. The molecular weight excluding hydrogens is 737 g/mol. The molecule has 0 radical (unpaired) electrons. The fraction of sp³-hybridized carbons (Fsp3) is 0.611. The zero-order chi connectivity index (χ0) is 43.3. The van der Waals surface area contributed by atoms with Crippen molar-refractivity contribution in [3.63, 3.8) is 0 Å². The fourth-order valence-corrected chi connectivity index (χ4v) is 9.27. The van der Waals surface area contributed by atoms with E-state index in [1.165, 1.54) is 131 Å². The van der Waals surface area contributed by atoms with E-state index in [9.17, 15) is 9.59 Å². The van der Waals surface area contributed by atoms with Crippen LogP contribution in [-0.2, 0) is 5.41 Å². The lowest BCUT2D eigenvalue weighted by molar-refractivity contribution is 0.0760. The SMILES string of the molecule is CCCCCCN(CCCCCC)c1ccc2c(c1)C(CCCCCC)(CCCCCC)c1cc(C#Cc3cc(C(=O)N(CC)CC)nc(C(=O)N(CC)CC)c3)ccc1-2. The summed E-state index contributed by atoms with van der Waals surface area (Å²) in [4.78, 5) is 38.0. The molecular formula is C54H80N4O2. The lowest BCUT2D eigenvalue weighted by Gasteiger charge is -2.34. The average molecular weight is 817 g/mol. The maximum atomic E-state index is 13.6. The first-order chi connectivity index (χ1) is 29.2. The second-order valence-corrected chi connectivity index (χ2v) is 17.1. The third kappa shape index (κ3) is 12.7. The first-order valence-corrected chi connectivity index (χ1v) is 24.4. The lowest BCUT2D eigenvalue weighted by Crippen LogP contribution is -2.33. The second-order valence-electron chi connectivity index (χ2n) is 17.1. The fourth-order valence-electron chi connectivity index (χ4n) is 9.27. The van der Waals surface area contributed by atoms with E-state index in [4.69, 9.17) is 0 Å². The number of unbranched alkanes of at least 4 members (excludes halogenated alkanes) is 12. The number of aromatic nitrogens is 1. The van der Waals surface area contributed by atoms with Crippen LogP contribution in [0.5, 0.6) is 0 Å². The van der Waals surface area contributed by atoms with Crippen molar-refractivity contribution >= 4 is 17.5 Å².